The second-order valence-electron chi connectivity index (χ2n) is 8.83. The Morgan fingerprint density at radius 2 is 1.97 bits per heavy atom. The molecule has 33 heavy (non-hydrogen) atoms. The summed E-state index contributed by atoms with van der Waals surface area (Å²) in [7, 11) is -3.17. The van der Waals surface area contributed by atoms with Gasteiger partial charge in [0.2, 0.25) is 0 Å². The lowest BCUT2D eigenvalue weighted by Gasteiger charge is -2.38. The number of halogens is 3. The lowest BCUT2D eigenvalue weighted by molar-refractivity contribution is -0.0498. The molecule has 1 amide bonds. The van der Waals surface area contributed by atoms with Crippen LogP contribution in [0.4, 0.5) is 13.2 Å². The van der Waals surface area contributed by atoms with Gasteiger partial charge in [0.25, 0.3) is 5.91 Å². The van der Waals surface area contributed by atoms with E-state index in [-0.39, 0.29) is 39.9 Å². The Labute approximate surface area is 187 Å². The van der Waals surface area contributed by atoms with E-state index in [4.69, 9.17) is 0 Å². The number of hydrogen-bond donors (Lipinski definition) is 1. The van der Waals surface area contributed by atoms with Gasteiger partial charge in [-0.3, -0.25) is 9.48 Å². The number of hydrogen-bond acceptors (Lipinski definition) is 5. The van der Waals surface area contributed by atoms with Crippen LogP contribution in [0.25, 0.3) is 22.2 Å². The fraction of sp³-hybridized carbons (Fsp3) is 0.364. The molecule has 0 bridgehead atoms. The molecule has 3 aromatic rings. The normalized spacial score (nSPS) is 18.8. The van der Waals surface area contributed by atoms with Crippen molar-refractivity contribution in [1.82, 2.24) is 15.1 Å². The van der Waals surface area contributed by atoms with Crippen molar-refractivity contribution in [2.75, 3.05) is 11.5 Å². The van der Waals surface area contributed by atoms with Gasteiger partial charge in [-0.05, 0) is 44.0 Å². The van der Waals surface area contributed by atoms with Crippen molar-refractivity contribution in [3.8, 4) is 17.0 Å². The van der Waals surface area contributed by atoms with E-state index in [9.17, 15) is 22.0 Å². The van der Waals surface area contributed by atoms with Crippen LogP contribution in [0.2, 0.25) is 0 Å². The highest BCUT2D eigenvalue weighted by Crippen LogP contribution is 2.41. The molecule has 0 radical (unpaired) electrons. The number of amides is 1. The number of carbonyl (C=O) groups is 1. The van der Waals surface area contributed by atoms with Crippen molar-refractivity contribution in [1.29, 1.82) is 0 Å². The molecule has 2 aliphatic rings. The average Bonchev–Trinajstić information content (AvgIpc) is 3.46. The van der Waals surface area contributed by atoms with Gasteiger partial charge in [-0.1, -0.05) is 12.1 Å². The molecule has 1 saturated heterocycles. The van der Waals surface area contributed by atoms with Crippen molar-refractivity contribution in [3.63, 3.8) is 0 Å². The Hall–Kier alpha value is -3.08. The van der Waals surface area contributed by atoms with Crippen molar-refractivity contribution >= 4 is 26.6 Å². The molecule has 1 aliphatic heterocycles. The molecule has 0 unspecified atom stereocenters. The number of carbonyl (C=O) groups excluding carboxylic acids is 1. The first-order valence-electron chi connectivity index (χ1n) is 10.3. The van der Waals surface area contributed by atoms with E-state index in [0.29, 0.717) is 11.1 Å². The molecule has 1 N–H and O–H groups in total. The highest BCUT2D eigenvalue weighted by atomic mass is 32.2. The third-order valence-corrected chi connectivity index (χ3v) is 7.89. The minimum absolute atomic E-state index is 0.0497. The van der Waals surface area contributed by atoms with Crippen molar-refractivity contribution in [3.05, 3.63) is 47.8 Å². The van der Waals surface area contributed by atoms with Gasteiger partial charge in [0.1, 0.15) is 17.3 Å². The standard InChI is InChI=1S/C22H20F3N3O4S/c1-22(10-33(30,31)11-22)26-20(29)13-8-16(23)18-17(9-13)28(14-5-6-14)27-19(18)12-3-2-4-15(7-12)32-21(24)25/h2-4,7-9,14,21H,5-6,10-11H2,1H3,(H,26,29). The number of benzene rings is 2. The van der Waals surface area contributed by atoms with Gasteiger partial charge in [-0.25, -0.2) is 12.8 Å². The van der Waals surface area contributed by atoms with E-state index in [1.165, 1.54) is 24.3 Å². The summed E-state index contributed by atoms with van der Waals surface area (Å²) in [6.45, 7) is -1.37. The van der Waals surface area contributed by atoms with Crippen molar-refractivity contribution < 1.29 is 31.1 Å². The fourth-order valence-corrected chi connectivity index (χ4v) is 6.32. The number of nitrogens with zero attached hydrogens (tertiary/aromatic N) is 2. The predicted octanol–water partition coefficient (Wildman–Crippen LogP) is 3.70. The van der Waals surface area contributed by atoms with E-state index in [1.54, 1.807) is 17.7 Å². The van der Waals surface area contributed by atoms with Gasteiger partial charge in [0.05, 0.1) is 34.0 Å². The summed E-state index contributed by atoms with van der Waals surface area (Å²) in [6, 6.07) is 8.53. The van der Waals surface area contributed by atoms with Crippen LogP contribution in [-0.4, -0.2) is 47.8 Å². The van der Waals surface area contributed by atoms with Gasteiger partial charge in [0.15, 0.2) is 9.84 Å². The van der Waals surface area contributed by atoms with Gasteiger partial charge in [0, 0.05) is 11.1 Å². The molecular weight excluding hydrogens is 459 g/mol. The molecular formula is C22H20F3N3O4S. The summed E-state index contributed by atoms with van der Waals surface area (Å²) in [5, 5.41) is 7.40. The first kappa shape index (κ1) is 21.7. The molecule has 2 aromatic carbocycles. The van der Waals surface area contributed by atoms with Gasteiger partial charge in [-0.2, -0.15) is 13.9 Å². The van der Waals surface area contributed by atoms with Gasteiger partial charge in [-0.15, -0.1) is 0 Å². The molecule has 2 heterocycles. The number of aromatic nitrogens is 2. The average molecular weight is 479 g/mol. The SMILES string of the molecule is CC1(NC(=O)c2cc(F)c3c(-c4cccc(OC(F)F)c4)nn(C4CC4)c3c2)CS(=O)(=O)C1. The fourth-order valence-electron chi connectivity index (χ4n) is 4.32. The summed E-state index contributed by atoms with van der Waals surface area (Å²) < 4.78 is 69.7. The molecule has 0 atom stereocenters. The van der Waals surface area contributed by atoms with E-state index >= 15 is 4.39 Å². The molecule has 7 nitrogen and oxygen atoms in total. The van der Waals surface area contributed by atoms with Crippen LogP contribution in [0.1, 0.15) is 36.2 Å². The number of ether oxygens (including phenoxy) is 1. The summed E-state index contributed by atoms with van der Waals surface area (Å²) in [5.41, 5.74) is 0.228. The third-order valence-electron chi connectivity index (χ3n) is 5.74. The number of alkyl halides is 2. The maximum atomic E-state index is 15.3. The number of fused-ring (bicyclic) bond motifs is 1. The summed E-state index contributed by atoms with van der Waals surface area (Å²) in [6.07, 6.45) is 1.69. The van der Waals surface area contributed by atoms with Crippen LogP contribution in [0.5, 0.6) is 5.75 Å². The zero-order valence-corrected chi connectivity index (χ0v) is 18.3. The van der Waals surface area contributed by atoms with Crippen LogP contribution in [-0.2, 0) is 9.84 Å². The van der Waals surface area contributed by atoms with Crippen LogP contribution < -0.4 is 10.1 Å². The number of rotatable bonds is 6. The number of nitrogens with one attached hydrogen (secondary N) is 1. The quantitative estimate of drug-likeness (QED) is 0.582. The van der Waals surface area contributed by atoms with E-state index in [0.717, 1.165) is 18.9 Å². The third kappa shape index (κ3) is 4.17. The highest BCUT2D eigenvalue weighted by molar-refractivity contribution is 7.93. The van der Waals surface area contributed by atoms with E-state index in [2.05, 4.69) is 15.2 Å². The smallest absolute Gasteiger partial charge is 0.387 e. The topological polar surface area (TPSA) is 90.3 Å². The molecule has 5 rings (SSSR count). The summed E-state index contributed by atoms with van der Waals surface area (Å²) in [5.74, 6) is -1.68. The first-order valence-corrected chi connectivity index (χ1v) is 12.2. The van der Waals surface area contributed by atoms with Crippen LogP contribution in [0, 0.1) is 5.82 Å². The Morgan fingerprint density at radius 1 is 1.24 bits per heavy atom. The predicted molar refractivity (Wildman–Crippen MR) is 115 cm³/mol. The Morgan fingerprint density at radius 3 is 2.61 bits per heavy atom. The molecule has 1 aliphatic carbocycles. The van der Waals surface area contributed by atoms with Crippen LogP contribution >= 0.6 is 0 Å². The zero-order valence-electron chi connectivity index (χ0n) is 17.5. The summed E-state index contributed by atoms with van der Waals surface area (Å²) in [4.78, 5) is 12.8. The van der Waals surface area contributed by atoms with Gasteiger partial charge < -0.3 is 10.1 Å². The molecule has 1 saturated carbocycles. The monoisotopic (exact) mass is 479 g/mol. The minimum Gasteiger partial charge on any atom is -0.435 e. The van der Waals surface area contributed by atoms with Crippen molar-refractivity contribution in [2.24, 2.45) is 0 Å². The van der Waals surface area contributed by atoms with Crippen LogP contribution in [0.3, 0.4) is 0 Å². The lowest BCUT2D eigenvalue weighted by atomic mass is 10.0. The second-order valence-corrected chi connectivity index (χ2v) is 10.9. The maximum Gasteiger partial charge on any atom is 0.387 e. The summed E-state index contributed by atoms with van der Waals surface area (Å²) >= 11 is 0. The van der Waals surface area contributed by atoms with Crippen LogP contribution in [0.15, 0.2) is 36.4 Å². The molecule has 0 spiro atoms. The Balaban J connectivity index is 1.55. The first-order chi connectivity index (χ1) is 15.5. The zero-order chi connectivity index (χ0) is 23.5. The number of sulfone groups is 1. The largest absolute Gasteiger partial charge is 0.435 e. The minimum atomic E-state index is -3.17. The molecule has 174 valence electrons. The maximum absolute atomic E-state index is 15.3. The molecule has 2 fully saturated rings. The Bertz CT molecular complexity index is 1370. The second kappa shape index (κ2) is 7.47. The lowest BCUT2D eigenvalue weighted by Crippen LogP contribution is -2.63. The Kier molecular flexibility index (Phi) is 4.93. The molecule has 11 heteroatoms. The van der Waals surface area contributed by atoms with E-state index < -0.39 is 33.7 Å². The highest BCUT2D eigenvalue weighted by Gasteiger charge is 2.46. The van der Waals surface area contributed by atoms with E-state index in [1.807, 2.05) is 0 Å². The molecule has 1 aromatic heterocycles. The van der Waals surface area contributed by atoms with Crippen molar-refractivity contribution in [2.45, 2.75) is 38.0 Å². The van der Waals surface area contributed by atoms with Gasteiger partial charge >= 0.3 is 6.61 Å².